The zero-order valence-corrected chi connectivity index (χ0v) is 10.8. The van der Waals surface area contributed by atoms with E-state index in [-0.39, 0.29) is 10.7 Å². The van der Waals surface area contributed by atoms with Crippen molar-refractivity contribution in [2.75, 3.05) is 11.1 Å². The molecule has 90 valence electrons. The van der Waals surface area contributed by atoms with Crippen molar-refractivity contribution in [3.05, 3.63) is 44.9 Å². The molecule has 0 atom stereocenters. The summed E-state index contributed by atoms with van der Waals surface area (Å²) in [5.74, 6) is -0.499. The van der Waals surface area contributed by atoms with E-state index in [1.165, 1.54) is 11.6 Å². The zero-order chi connectivity index (χ0) is 12.4. The normalized spacial score (nSPS) is 10.5. The van der Waals surface area contributed by atoms with Gasteiger partial charge >= 0.3 is 0 Å². The summed E-state index contributed by atoms with van der Waals surface area (Å²) in [6, 6.07) is 5.07. The molecule has 1 aromatic carbocycles. The molecule has 0 aliphatic heterocycles. The van der Waals surface area contributed by atoms with E-state index >= 15 is 0 Å². The molecule has 2 nitrogen and oxygen atoms in total. The Balaban J connectivity index is 2.20. The van der Waals surface area contributed by atoms with Crippen molar-refractivity contribution >= 4 is 34.3 Å². The van der Waals surface area contributed by atoms with Crippen molar-refractivity contribution in [2.45, 2.75) is 13.5 Å². The molecular formula is C12H12ClFN2S. The third-order valence-corrected chi connectivity index (χ3v) is 3.84. The van der Waals surface area contributed by atoms with Crippen LogP contribution in [-0.4, -0.2) is 0 Å². The summed E-state index contributed by atoms with van der Waals surface area (Å²) >= 11 is 7.34. The Bertz CT molecular complexity index is 539. The summed E-state index contributed by atoms with van der Waals surface area (Å²) in [4.78, 5) is 1.16. The van der Waals surface area contributed by atoms with Crippen LogP contribution < -0.4 is 11.1 Å². The van der Waals surface area contributed by atoms with E-state index in [0.717, 1.165) is 4.88 Å². The van der Waals surface area contributed by atoms with E-state index in [0.29, 0.717) is 12.2 Å². The first-order chi connectivity index (χ1) is 8.09. The third-order valence-electron chi connectivity index (χ3n) is 2.52. The minimum absolute atomic E-state index is 0.0737. The van der Waals surface area contributed by atoms with Crippen LogP contribution in [0, 0.1) is 12.7 Å². The van der Waals surface area contributed by atoms with Crippen molar-refractivity contribution < 1.29 is 4.39 Å². The van der Waals surface area contributed by atoms with Gasteiger partial charge in [-0.15, -0.1) is 11.3 Å². The second-order valence-electron chi connectivity index (χ2n) is 3.71. The predicted octanol–water partition coefficient (Wildman–Crippen LogP) is 4.04. The van der Waals surface area contributed by atoms with E-state index in [1.54, 1.807) is 17.4 Å². The van der Waals surface area contributed by atoms with Gasteiger partial charge in [0.1, 0.15) is 0 Å². The highest BCUT2D eigenvalue weighted by Crippen LogP contribution is 2.29. The maximum atomic E-state index is 13.7. The Labute approximate surface area is 108 Å². The first-order valence-electron chi connectivity index (χ1n) is 5.10. The monoisotopic (exact) mass is 270 g/mol. The van der Waals surface area contributed by atoms with Gasteiger partial charge in [-0.3, -0.25) is 0 Å². The lowest BCUT2D eigenvalue weighted by atomic mass is 10.2. The number of benzene rings is 1. The lowest BCUT2D eigenvalue weighted by molar-refractivity contribution is 0.631. The van der Waals surface area contributed by atoms with Gasteiger partial charge in [-0.2, -0.15) is 0 Å². The molecule has 0 aliphatic rings. The van der Waals surface area contributed by atoms with Gasteiger partial charge in [0.15, 0.2) is 5.82 Å². The molecule has 0 saturated carbocycles. The van der Waals surface area contributed by atoms with Crippen molar-refractivity contribution in [1.82, 2.24) is 0 Å². The van der Waals surface area contributed by atoms with Gasteiger partial charge in [0.05, 0.1) is 16.4 Å². The quantitative estimate of drug-likeness (QED) is 0.826. The van der Waals surface area contributed by atoms with E-state index in [9.17, 15) is 4.39 Å². The maximum Gasteiger partial charge on any atom is 0.166 e. The van der Waals surface area contributed by atoms with Gasteiger partial charge < -0.3 is 11.1 Å². The first-order valence-corrected chi connectivity index (χ1v) is 6.35. The van der Waals surface area contributed by atoms with Crippen LogP contribution in [0.5, 0.6) is 0 Å². The van der Waals surface area contributed by atoms with Crippen LogP contribution in [0.3, 0.4) is 0 Å². The standard InChI is InChI=1S/C12H12ClFN2S/c1-7-4-5-17-10(7)6-16-12-9(15)3-2-8(13)11(12)14/h2-5,16H,6,15H2,1H3. The van der Waals surface area contributed by atoms with E-state index in [1.807, 2.05) is 18.4 Å². The predicted molar refractivity (Wildman–Crippen MR) is 72.2 cm³/mol. The highest BCUT2D eigenvalue weighted by Gasteiger charge is 2.10. The summed E-state index contributed by atoms with van der Waals surface area (Å²) in [5, 5.41) is 5.07. The summed E-state index contributed by atoms with van der Waals surface area (Å²) in [7, 11) is 0. The molecule has 17 heavy (non-hydrogen) atoms. The number of rotatable bonds is 3. The lowest BCUT2D eigenvalue weighted by Crippen LogP contribution is -2.04. The Morgan fingerprint density at radius 3 is 2.82 bits per heavy atom. The molecule has 0 aliphatic carbocycles. The van der Waals surface area contributed by atoms with Gasteiger partial charge in [0, 0.05) is 11.4 Å². The molecule has 0 saturated heterocycles. The number of halogens is 2. The van der Waals surface area contributed by atoms with Gasteiger partial charge in [-0.25, -0.2) is 4.39 Å². The second kappa shape index (κ2) is 4.94. The van der Waals surface area contributed by atoms with Gasteiger partial charge in [0.25, 0.3) is 0 Å². The summed E-state index contributed by atoms with van der Waals surface area (Å²) < 4.78 is 13.7. The van der Waals surface area contributed by atoms with Crippen molar-refractivity contribution in [3.8, 4) is 0 Å². The topological polar surface area (TPSA) is 38.0 Å². The molecule has 5 heteroatoms. The van der Waals surface area contributed by atoms with Crippen molar-refractivity contribution in [2.24, 2.45) is 0 Å². The molecule has 2 aromatic rings. The molecule has 3 N–H and O–H groups in total. The molecule has 0 amide bonds. The summed E-state index contributed by atoms with van der Waals surface area (Å²) in [5.41, 5.74) is 7.52. The Hall–Kier alpha value is -1.26. The van der Waals surface area contributed by atoms with Crippen LogP contribution >= 0.6 is 22.9 Å². The Kier molecular flexibility index (Phi) is 3.54. The number of hydrogen-bond donors (Lipinski definition) is 2. The number of nitrogens with two attached hydrogens (primary N) is 1. The Morgan fingerprint density at radius 2 is 2.18 bits per heavy atom. The molecule has 2 rings (SSSR count). The van der Waals surface area contributed by atoms with Crippen molar-refractivity contribution in [3.63, 3.8) is 0 Å². The molecular weight excluding hydrogens is 259 g/mol. The van der Waals surface area contributed by atoms with Crippen LogP contribution in [0.2, 0.25) is 5.02 Å². The SMILES string of the molecule is Cc1ccsc1CNc1c(N)ccc(Cl)c1F. The molecule has 1 heterocycles. The third kappa shape index (κ3) is 2.53. The fourth-order valence-corrected chi connectivity index (χ4v) is 2.50. The van der Waals surface area contributed by atoms with E-state index in [4.69, 9.17) is 17.3 Å². The minimum atomic E-state index is -0.499. The molecule has 0 unspecified atom stereocenters. The van der Waals surface area contributed by atoms with Crippen LogP contribution in [0.25, 0.3) is 0 Å². The highest BCUT2D eigenvalue weighted by molar-refractivity contribution is 7.10. The number of anilines is 2. The second-order valence-corrected chi connectivity index (χ2v) is 5.11. The average molecular weight is 271 g/mol. The van der Waals surface area contributed by atoms with E-state index in [2.05, 4.69) is 5.32 Å². The van der Waals surface area contributed by atoms with Gasteiger partial charge in [-0.1, -0.05) is 11.6 Å². The number of aryl methyl sites for hydroxylation is 1. The largest absolute Gasteiger partial charge is 0.397 e. The molecule has 0 radical (unpaired) electrons. The summed E-state index contributed by atoms with van der Waals surface area (Å²) in [6.45, 7) is 2.57. The molecule has 0 bridgehead atoms. The fourth-order valence-electron chi connectivity index (χ4n) is 1.50. The maximum absolute atomic E-state index is 13.7. The number of nitrogens with one attached hydrogen (secondary N) is 1. The van der Waals surface area contributed by atoms with Gasteiger partial charge in [0.2, 0.25) is 0 Å². The summed E-state index contributed by atoms with van der Waals surface area (Å²) in [6.07, 6.45) is 0. The molecule has 0 fully saturated rings. The van der Waals surface area contributed by atoms with Crippen molar-refractivity contribution in [1.29, 1.82) is 0 Å². The molecule has 0 spiro atoms. The number of hydrogen-bond acceptors (Lipinski definition) is 3. The highest BCUT2D eigenvalue weighted by atomic mass is 35.5. The van der Waals surface area contributed by atoms with Crippen LogP contribution in [0.15, 0.2) is 23.6 Å². The molecule has 1 aromatic heterocycles. The first kappa shape index (κ1) is 12.2. The van der Waals surface area contributed by atoms with Crippen LogP contribution in [-0.2, 0) is 6.54 Å². The van der Waals surface area contributed by atoms with Crippen LogP contribution in [0.1, 0.15) is 10.4 Å². The van der Waals surface area contributed by atoms with Gasteiger partial charge in [-0.05, 0) is 36.1 Å². The Morgan fingerprint density at radius 1 is 1.41 bits per heavy atom. The van der Waals surface area contributed by atoms with Crippen LogP contribution in [0.4, 0.5) is 15.8 Å². The van der Waals surface area contributed by atoms with E-state index < -0.39 is 5.82 Å². The number of thiophene rings is 1. The average Bonchev–Trinajstić information content (AvgIpc) is 2.70. The minimum Gasteiger partial charge on any atom is -0.397 e. The zero-order valence-electron chi connectivity index (χ0n) is 9.26. The smallest absolute Gasteiger partial charge is 0.166 e. The lowest BCUT2D eigenvalue weighted by Gasteiger charge is -2.11. The fraction of sp³-hybridized carbons (Fsp3) is 0.167. The number of nitrogen functional groups attached to an aromatic ring is 1.